The summed E-state index contributed by atoms with van der Waals surface area (Å²) in [6.07, 6.45) is 5.33. The molecule has 0 amide bonds. The van der Waals surface area contributed by atoms with Crippen molar-refractivity contribution in [1.82, 2.24) is 4.98 Å². The first-order valence-corrected chi connectivity index (χ1v) is 6.10. The molecule has 3 nitrogen and oxygen atoms in total. The number of benzene rings is 1. The number of hydrogen-bond donors (Lipinski definition) is 1. The number of fused-ring (bicyclic) bond motifs is 1. The third-order valence-corrected chi connectivity index (χ3v) is 3.27. The molecule has 18 heavy (non-hydrogen) atoms. The van der Waals surface area contributed by atoms with Gasteiger partial charge in [-0.3, -0.25) is 0 Å². The second-order valence-electron chi connectivity index (χ2n) is 4.51. The van der Waals surface area contributed by atoms with Gasteiger partial charge >= 0.3 is 0 Å². The zero-order valence-electron chi connectivity index (χ0n) is 9.98. The summed E-state index contributed by atoms with van der Waals surface area (Å²) in [5, 5.41) is 12.0. The maximum Gasteiger partial charge on any atom is 0.140 e. The van der Waals surface area contributed by atoms with E-state index in [2.05, 4.69) is 28.5 Å². The molecular formula is C15H13N3. The highest BCUT2D eigenvalue weighted by molar-refractivity contribution is 5.61. The molecule has 1 aliphatic carbocycles. The maximum absolute atomic E-state index is 8.69. The van der Waals surface area contributed by atoms with E-state index in [9.17, 15) is 0 Å². The fourth-order valence-electron chi connectivity index (χ4n) is 2.35. The van der Waals surface area contributed by atoms with Gasteiger partial charge in [0.05, 0.1) is 11.9 Å². The van der Waals surface area contributed by atoms with E-state index in [0.29, 0.717) is 5.69 Å². The van der Waals surface area contributed by atoms with Crippen LogP contribution in [0.3, 0.4) is 0 Å². The number of nitrogens with one attached hydrogen (secondary N) is 1. The molecule has 88 valence electrons. The lowest BCUT2D eigenvalue weighted by Gasteiger charge is -2.08. The summed E-state index contributed by atoms with van der Waals surface area (Å²) in [4.78, 5) is 4.04. The summed E-state index contributed by atoms with van der Waals surface area (Å²) >= 11 is 0. The van der Waals surface area contributed by atoms with Gasteiger partial charge in [-0.2, -0.15) is 5.26 Å². The van der Waals surface area contributed by atoms with Gasteiger partial charge in [0.25, 0.3) is 0 Å². The van der Waals surface area contributed by atoms with E-state index in [4.69, 9.17) is 5.26 Å². The standard InChI is InChI=1S/C15H13N3/c16-9-14-6-7-15(10-17-14)18-13-5-4-11-2-1-3-12(11)8-13/h4-8,10,18H,1-3H2. The molecular weight excluding hydrogens is 222 g/mol. The molecule has 0 atom stereocenters. The van der Waals surface area contributed by atoms with Crippen molar-refractivity contribution in [2.45, 2.75) is 19.3 Å². The number of rotatable bonds is 2. The number of aromatic nitrogens is 1. The van der Waals surface area contributed by atoms with E-state index in [-0.39, 0.29) is 0 Å². The Morgan fingerprint density at radius 1 is 1.06 bits per heavy atom. The minimum Gasteiger partial charge on any atom is -0.354 e. The predicted octanol–water partition coefficient (Wildman–Crippen LogP) is 3.19. The van der Waals surface area contributed by atoms with Crippen LogP contribution in [0.25, 0.3) is 0 Å². The summed E-state index contributed by atoms with van der Waals surface area (Å²) in [7, 11) is 0. The van der Waals surface area contributed by atoms with Gasteiger partial charge in [-0.15, -0.1) is 0 Å². The van der Waals surface area contributed by atoms with E-state index >= 15 is 0 Å². The second kappa shape index (κ2) is 4.50. The average Bonchev–Trinajstić information content (AvgIpc) is 2.87. The first kappa shape index (κ1) is 10.8. The van der Waals surface area contributed by atoms with Crippen LogP contribution in [-0.4, -0.2) is 4.98 Å². The second-order valence-corrected chi connectivity index (χ2v) is 4.51. The molecule has 0 unspecified atom stereocenters. The van der Waals surface area contributed by atoms with Crippen LogP contribution in [-0.2, 0) is 12.8 Å². The average molecular weight is 235 g/mol. The quantitative estimate of drug-likeness (QED) is 0.869. The lowest BCUT2D eigenvalue weighted by atomic mass is 10.1. The first-order valence-electron chi connectivity index (χ1n) is 6.10. The summed E-state index contributed by atoms with van der Waals surface area (Å²) in [5.74, 6) is 0. The first-order chi connectivity index (χ1) is 8.85. The van der Waals surface area contributed by atoms with Crippen molar-refractivity contribution in [2.24, 2.45) is 0 Å². The predicted molar refractivity (Wildman–Crippen MR) is 70.7 cm³/mol. The van der Waals surface area contributed by atoms with Crippen molar-refractivity contribution in [3.8, 4) is 6.07 Å². The van der Waals surface area contributed by atoms with E-state index in [1.54, 1.807) is 12.3 Å². The van der Waals surface area contributed by atoms with Crippen LogP contribution in [0.2, 0.25) is 0 Å². The summed E-state index contributed by atoms with van der Waals surface area (Å²) < 4.78 is 0. The van der Waals surface area contributed by atoms with Crippen LogP contribution < -0.4 is 5.32 Å². The smallest absolute Gasteiger partial charge is 0.140 e. The van der Waals surface area contributed by atoms with E-state index in [1.165, 1.54) is 30.4 Å². The van der Waals surface area contributed by atoms with Gasteiger partial charge in [0, 0.05) is 5.69 Å². The molecule has 0 spiro atoms. The number of hydrogen-bond acceptors (Lipinski definition) is 3. The van der Waals surface area contributed by atoms with Crippen molar-refractivity contribution < 1.29 is 0 Å². The largest absolute Gasteiger partial charge is 0.354 e. The number of nitrogens with zero attached hydrogens (tertiary/aromatic N) is 2. The monoisotopic (exact) mass is 235 g/mol. The molecule has 0 radical (unpaired) electrons. The molecule has 3 heteroatoms. The molecule has 2 aromatic rings. The van der Waals surface area contributed by atoms with Crippen molar-refractivity contribution in [3.63, 3.8) is 0 Å². The molecule has 3 rings (SSSR count). The maximum atomic E-state index is 8.69. The third-order valence-electron chi connectivity index (χ3n) is 3.27. The van der Waals surface area contributed by atoms with E-state index < -0.39 is 0 Å². The molecule has 0 saturated heterocycles. The highest BCUT2D eigenvalue weighted by atomic mass is 14.9. The summed E-state index contributed by atoms with van der Waals surface area (Å²) in [6.45, 7) is 0. The minimum absolute atomic E-state index is 0.439. The normalized spacial score (nSPS) is 12.8. The van der Waals surface area contributed by atoms with Gasteiger partial charge in [0.15, 0.2) is 0 Å². The van der Waals surface area contributed by atoms with E-state index in [0.717, 1.165) is 11.4 Å². The van der Waals surface area contributed by atoms with Crippen LogP contribution in [0.5, 0.6) is 0 Å². The van der Waals surface area contributed by atoms with Gasteiger partial charge in [-0.1, -0.05) is 6.07 Å². The lowest BCUT2D eigenvalue weighted by molar-refractivity contribution is 0.912. The van der Waals surface area contributed by atoms with Crippen LogP contribution in [0.15, 0.2) is 36.5 Å². The van der Waals surface area contributed by atoms with E-state index in [1.807, 2.05) is 12.1 Å². The molecule has 0 aliphatic heterocycles. The molecule has 0 bridgehead atoms. The van der Waals surface area contributed by atoms with Gasteiger partial charge in [-0.05, 0) is 54.7 Å². The third kappa shape index (κ3) is 2.05. The van der Waals surface area contributed by atoms with Crippen molar-refractivity contribution in [2.75, 3.05) is 5.32 Å². The van der Waals surface area contributed by atoms with Gasteiger partial charge in [0.1, 0.15) is 11.8 Å². The number of aryl methyl sites for hydroxylation is 2. The fraction of sp³-hybridized carbons (Fsp3) is 0.200. The molecule has 1 aromatic heterocycles. The van der Waals surface area contributed by atoms with Crippen LogP contribution in [0, 0.1) is 11.3 Å². The highest BCUT2D eigenvalue weighted by Crippen LogP contribution is 2.26. The summed E-state index contributed by atoms with van der Waals surface area (Å²) in [5.41, 5.74) is 5.35. The molecule has 1 N–H and O–H groups in total. The van der Waals surface area contributed by atoms with Gasteiger partial charge in [-0.25, -0.2) is 4.98 Å². The molecule has 1 aliphatic rings. The number of pyridine rings is 1. The topological polar surface area (TPSA) is 48.7 Å². The fourth-order valence-corrected chi connectivity index (χ4v) is 2.35. The zero-order valence-corrected chi connectivity index (χ0v) is 9.98. The van der Waals surface area contributed by atoms with Crippen molar-refractivity contribution in [1.29, 1.82) is 5.26 Å². The van der Waals surface area contributed by atoms with Gasteiger partial charge < -0.3 is 5.32 Å². The zero-order chi connectivity index (χ0) is 12.4. The Morgan fingerprint density at radius 2 is 1.89 bits per heavy atom. The molecule has 0 fully saturated rings. The Bertz CT molecular complexity index is 609. The Balaban J connectivity index is 1.81. The highest BCUT2D eigenvalue weighted by Gasteiger charge is 2.10. The van der Waals surface area contributed by atoms with Crippen molar-refractivity contribution in [3.05, 3.63) is 53.3 Å². The Labute approximate surface area is 106 Å². The summed E-state index contributed by atoms with van der Waals surface area (Å²) in [6, 6.07) is 12.1. The molecule has 0 saturated carbocycles. The van der Waals surface area contributed by atoms with Crippen molar-refractivity contribution >= 4 is 11.4 Å². The minimum atomic E-state index is 0.439. The van der Waals surface area contributed by atoms with Crippen LogP contribution >= 0.6 is 0 Å². The van der Waals surface area contributed by atoms with Crippen LogP contribution in [0.4, 0.5) is 11.4 Å². The van der Waals surface area contributed by atoms with Gasteiger partial charge in [0.2, 0.25) is 0 Å². The molecule has 1 heterocycles. The number of nitriles is 1. The Hall–Kier alpha value is -2.34. The lowest BCUT2D eigenvalue weighted by Crippen LogP contribution is -1.93. The Kier molecular flexibility index (Phi) is 2.70. The molecule has 1 aromatic carbocycles. The Morgan fingerprint density at radius 3 is 2.67 bits per heavy atom. The van der Waals surface area contributed by atoms with Crippen LogP contribution in [0.1, 0.15) is 23.2 Å². The number of anilines is 2. The SMILES string of the molecule is N#Cc1ccc(Nc2ccc3c(c2)CCC3)cn1.